The maximum Gasteiger partial charge on any atom is 0.193 e. The van der Waals surface area contributed by atoms with Gasteiger partial charge >= 0.3 is 0 Å². The molecule has 5 nitrogen and oxygen atoms in total. The van der Waals surface area contributed by atoms with E-state index in [9.17, 15) is 0 Å². The SMILES string of the molecule is CN=C(NCCc1ccncc1C)N1CCN(Cc2cccc(Cl)c2)CC1. The minimum atomic E-state index is 0.806. The molecule has 0 radical (unpaired) electrons. The molecule has 1 aromatic heterocycles. The van der Waals surface area contributed by atoms with Gasteiger partial charge in [0, 0.05) is 63.7 Å². The molecule has 1 aliphatic rings. The van der Waals surface area contributed by atoms with Gasteiger partial charge in [0.15, 0.2) is 5.96 Å². The highest BCUT2D eigenvalue weighted by Crippen LogP contribution is 2.14. The number of rotatable bonds is 5. The summed E-state index contributed by atoms with van der Waals surface area (Å²) in [5.74, 6) is 0.990. The van der Waals surface area contributed by atoms with Gasteiger partial charge in [-0.25, -0.2) is 0 Å². The number of aliphatic imine (C=N–C) groups is 1. The summed E-state index contributed by atoms with van der Waals surface area (Å²) in [4.78, 5) is 13.4. The number of pyridine rings is 1. The lowest BCUT2D eigenvalue weighted by atomic mass is 10.1. The van der Waals surface area contributed by atoms with Crippen molar-refractivity contribution in [2.75, 3.05) is 39.8 Å². The summed E-state index contributed by atoms with van der Waals surface area (Å²) in [7, 11) is 1.86. The second kappa shape index (κ2) is 9.72. The van der Waals surface area contributed by atoms with E-state index in [2.05, 4.69) is 50.2 Å². The zero-order chi connectivity index (χ0) is 19.1. The summed E-state index contributed by atoms with van der Waals surface area (Å²) >= 11 is 6.09. The first-order valence-corrected chi connectivity index (χ1v) is 9.85. The molecule has 0 saturated carbocycles. The van der Waals surface area contributed by atoms with Gasteiger partial charge in [0.1, 0.15) is 0 Å². The molecule has 6 heteroatoms. The summed E-state index contributed by atoms with van der Waals surface area (Å²) in [6.45, 7) is 7.94. The molecule has 144 valence electrons. The van der Waals surface area contributed by atoms with E-state index in [1.807, 2.05) is 31.6 Å². The fraction of sp³-hybridized carbons (Fsp3) is 0.429. The third-order valence-corrected chi connectivity index (χ3v) is 5.23. The van der Waals surface area contributed by atoms with E-state index in [0.29, 0.717) is 0 Å². The molecule has 0 bridgehead atoms. The molecular formula is C21H28ClN5. The van der Waals surface area contributed by atoms with E-state index in [1.165, 1.54) is 16.7 Å². The summed E-state index contributed by atoms with van der Waals surface area (Å²) in [5.41, 5.74) is 3.84. The average Bonchev–Trinajstić information content (AvgIpc) is 2.67. The first-order chi connectivity index (χ1) is 13.2. The van der Waals surface area contributed by atoms with Gasteiger partial charge < -0.3 is 10.2 Å². The second-order valence-electron chi connectivity index (χ2n) is 6.92. The molecule has 1 aromatic carbocycles. The van der Waals surface area contributed by atoms with Crippen molar-refractivity contribution in [1.82, 2.24) is 20.1 Å². The van der Waals surface area contributed by atoms with Crippen molar-refractivity contribution in [3.8, 4) is 0 Å². The minimum Gasteiger partial charge on any atom is -0.356 e. The zero-order valence-electron chi connectivity index (χ0n) is 16.2. The minimum absolute atomic E-state index is 0.806. The second-order valence-corrected chi connectivity index (χ2v) is 7.36. The Morgan fingerprint density at radius 2 is 2.04 bits per heavy atom. The monoisotopic (exact) mass is 385 g/mol. The Balaban J connectivity index is 1.45. The van der Waals surface area contributed by atoms with Crippen molar-refractivity contribution in [1.29, 1.82) is 0 Å². The van der Waals surface area contributed by atoms with Crippen molar-refractivity contribution in [2.45, 2.75) is 19.9 Å². The van der Waals surface area contributed by atoms with Crippen LogP contribution in [0.1, 0.15) is 16.7 Å². The van der Waals surface area contributed by atoms with Crippen LogP contribution in [0.5, 0.6) is 0 Å². The number of aryl methyl sites for hydroxylation is 1. The third-order valence-electron chi connectivity index (χ3n) is 4.99. The average molecular weight is 386 g/mol. The molecule has 27 heavy (non-hydrogen) atoms. The lowest BCUT2D eigenvalue weighted by Crippen LogP contribution is -2.52. The zero-order valence-corrected chi connectivity index (χ0v) is 16.9. The first kappa shape index (κ1) is 19.6. The Kier molecular flexibility index (Phi) is 7.07. The number of halogens is 1. The van der Waals surface area contributed by atoms with Crippen LogP contribution in [0.25, 0.3) is 0 Å². The van der Waals surface area contributed by atoms with Crippen LogP contribution < -0.4 is 5.32 Å². The van der Waals surface area contributed by atoms with E-state index < -0.39 is 0 Å². The van der Waals surface area contributed by atoms with Crippen molar-refractivity contribution in [3.05, 3.63) is 64.4 Å². The van der Waals surface area contributed by atoms with Gasteiger partial charge in [0.05, 0.1) is 0 Å². The lowest BCUT2D eigenvalue weighted by molar-refractivity contribution is 0.172. The molecule has 0 spiro atoms. The van der Waals surface area contributed by atoms with Gasteiger partial charge in [-0.05, 0) is 48.2 Å². The van der Waals surface area contributed by atoms with Crippen LogP contribution in [0.3, 0.4) is 0 Å². The first-order valence-electron chi connectivity index (χ1n) is 9.47. The molecule has 0 atom stereocenters. The Labute approximate surface area is 167 Å². The molecule has 3 rings (SSSR count). The maximum absolute atomic E-state index is 6.09. The summed E-state index contributed by atoms with van der Waals surface area (Å²) in [6.07, 6.45) is 4.75. The van der Waals surface area contributed by atoms with Gasteiger partial charge in [0.2, 0.25) is 0 Å². The number of hydrogen-bond donors (Lipinski definition) is 1. The van der Waals surface area contributed by atoms with Gasteiger partial charge in [-0.3, -0.25) is 14.9 Å². The molecule has 2 aromatic rings. The molecule has 1 N–H and O–H groups in total. The van der Waals surface area contributed by atoms with Gasteiger partial charge in [0.25, 0.3) is 0 Å². The fourth-order valence-electron chi connectivity index (χ4n) is 3.44. The van der Waals surface area contributed by atoms with Crippen molar-refractivity contribution in [3.63, 3.8) is 0 Å². The largest absolute Gasteiger partial charge is 0.356 e. The van der Waals surface area contributed by atoms with Crippen molar-refractivity contribution in [2.24, 2.45) is 4.99 Å². The van der Waals surface area contributed by atoms with Crippen LogP contribution in [0.2, 0.25) is 5.02 Å². The normalized spacial score (nSPS) is 15.8. The molecular weight excluding hydrogens is 358 g/mol. The molecule has 0 unspecified atom stereocenters. The van der Waals surface area contributed by atoms with Crippen LogP contribution in [0, 0.1) is 6.92 Å². The summed E-state index contributed by atoms with van der Waals surface area (Å²) < 4.78 is 0. The Bertz CT molecular complexity index is 769. The number of nitrogens with zero attached hydrogens (tertiary/aromatic N) is 4. The number of guanidine groups is 1. The number of benzene rings is 1. The van der Waals surface area contributed by atoms with Crippen LogP contribution in [-0.2, 0) is 13.0 Å². The third kappa shape index (κ3) is 5.68. The maximum atomic E-state index is 6.09. The molecule has 1 saturated heterocycles. The molecule has 0 aliphatic carbocycles. The molecule has 1 fully saturated rings. The Morgan fingerprint density at radius 1 is 1.22 bits per heavy atom. The van der Waals surface area contributed by atoms with E-state index in [1.54, 1.807) is 0 Å². The highest BCUT2D eigenvalue weighted by molar-refractivity contribution is 6.30. The van der Waals surface area contributed by atoms with Crippen LogP contribution in [-0.4, -0.2) is 60.5 Å². The summed E-state index contributed by atoms with van der Waals surface area (Å²) in [6, 6.07) is 10.2. The lowest BCUT2D eigenvalue weighted by Gasteiger charge is -2.36. The fourth-order valence-corrected chi connectivity index (χ4v) is 3.65. The Hall–Kier alpha value is -2.11. The summed E-state index contributed by atoms with van der Waals surface area (Å²) in [5, 5.41) is 4.31. The quantitative estimate of drug-likeness (QED) is 0.634. The van der Waals surface area contributed by atoms with Crippen LogP contribution in [0.4, 0.5) is 0 Å². The molecule has 1 aliphatic heterocycles. The smallest absolute Gasteiger partial charge is 0.193 e. The van der Waals surface area contributed by atoms with E-state index >= 15 is 0 Å². The highest BCUT2D eigenvalue weighted by atomic mass is 35.5. The van der Waals surface area contributed by atoms with Gasteiger partial charge in [-0.15, -0.1) is 0 Å². The number of aromatic nitrogens is 1. The molecule has 0 amide bonds. The van der Waals surface area contributed by atoms with E-state index in [0.717, 1.165) is 56.7 Å². The highest BCUT2D eigenvalue weighted by Gasteiger charge is 2.19. The molecule has 2 heterocycles. The van der Waals surface area contributed by atoms with Crippen LogP contribution >= 0.6 is 11.6 Å². The van der Waals surface area contributed by atoms with Crippen LogP contribution in [0.15, 0.2) is 47.7 Å². The predicted molar refractivity (Wildman–Crippen MR) is 112 cm³/mol. The topological polar surface area (TPSA) is 43.8 Å². The predicted octanol–water partition coefficient (Wildman–Crippen LogP) is 2.98. The Morgan fingerprint density at radius 3 is 2.74 bits per heavy atom. The van der Waals surface area contributed by atoms with Crippen molar-refractivity contribution >= 4 is 17.6 Å². The van der Waals surface area contributed by atoms with E-state index in [-0.39, 0.29) is 0 Å². The van der Waals surface area contributed by atoms with Crippen molar-refractivity contribution < 1.29 is 0 Å². The van der Waals surface area contributed by atoms with Gasteiger partial charge in [-0.1, -0.05) is 23.7 Å². The number of hydrogen-bond acceptors (Lipinski definition) is 3. The number of nitrogens with one attached hydrogen (secondary N) is 1. The standard InChI is InChI=1S/C21H28ClN5/c1-17-15-24-8-6-19(17)7-9-25-21(23-2)27-12-10-26(11-13-27)16-18-4-3-5-20(22)14-18/h3-6,8,14-15H,7,9-13,16H2,1-2H3,(H,23,25). The number of piperazine rings is 1. The van der Waals surface area contributed by atoms with Gasteiger partial charge in [-0.2, -0.15) is 0 Å². The van der Waals surface area contributed by atoms with E-state index in [4.69, 9.17) is 11.6 Å².